The highest BCUT2D eigenvalue weighted by atomic mass is 16.4. The van der Waals surface area contributed by atoms with Crippen molar-refractivity contribution in [3.05, 3.63) is 35.9 Å². The summed E-state index contributed by atoms with van der Waals surface area (Å²) in [6.07, 6.45) is -0.559. The quantitative estimate of drug-likeness (QED) is 0.787. The summed E-state index contributed by atoms with van der Waals surface area (Å²) in [5.74, 6) is -1.68. The topological polar surface area (TPSA) is 89.9 Å². The highest BCUT2D eigenvalue weighted by Crippen LogP contribution is 2.22. The van der Waals surface area contributed by atoms with Gasteiger partial charge >= 0.3 is 12.1 Å². The van der Waals surface area contributed by atoms with Gasteiger partial charge in [-0.25, -0.2) is 4.79 Å². The molecule has 1 aromatic carbocycles. The molecule has 0 saturated carbocycles. The van der Waals surface area contributed by atoms with Crippen molar-refractivity contribution in [1.82, 2.24) is 10.2 Å². The molecule has 0 radical (unpaired) electrons. The number of carboxylic acids is 1. The number of likely N-dealkylation sites (tertiary alicyclic amines) is 1. The molecule has 0 aliphatic carbocycles. The average Bonchev–Trinajstić information content (AvgIpc) is 2.48. The summed E-state index contributed by atoms with van der Waals surface area (Å²) in [6.45, 7) is 2.37. The number of carbonyl (C=O) groups is 2. The van der Waals surface area contributed by atoms with E-state index in [9.17, 15) is 14.7 Å². The molecule has 1 aromatic rings. The van der Waals surface area contributed by atoms with Crippen molar-refractivity contribution in [1.29, 1.82) is 0 Å². The van der Waals surface area contributed by atoms with E-state index >= 15 is 0 Å². The van der Waals surface area contributed by atoms with Crippen LogP contribution in [0.1, 0.15) is 24.9 Å². The molecule has 1 fully saturated rings. The number of hydrogen-bond donors (Lipinski definition) is 3. The Balaban J connectivity index is 2.04. The monoisotopic (exact) mass is 292 g/mol. The molecule has 2 rings (SSSR count). The summed E-state index contributed by atoms with van der Waals surface area (Å²) in [5, 5.41) is 21.7. The van der Waals surface area contributed by atoms with Gasteiger partial charge in [0, 0.05) is 25.2 Å². The van der Waals surface area contributed by atoms with Crippen LogP contribution in [-0.2, 0) is 4.79 Å². The molecule has 21 heavy (non-hydrogen) atoms. The summed E-state index contributed by atoms with van der Waals surface area (Å²) in [7, 11) is 0. The molecule has 1 aliphatic rings. The summed E-state index contributed by atoms with van der Waals surface area (Å²) >= 11 is 0. The smallest absolute Gasteiger partial charge is 0.407 e. The fraction of sp³-hybridized carbons (Fsp3) is 0.467. The third-order valence-corrected chi connectivity index (χ3v) is 3.96. The maximum Gasteiger partial charge on any atom is 0.407 e. The predicted molar refractivity (Wildman–Crippen MR) is 77.1 cm³/mol. The van der Waals surface area contributed by atoms with Crippen LogP contribution in [0.25, 0.3) is 0 Å². The van der Waals surface area contributed by atoms with Crippen LogP contribution < -0.4 is 5.32 Å². The van der Waals surface area contributed by atoms with E-state index in [1.807, 2.05) is 37.3 Å². The molecule has 1 heterocycles. The van der Waals surface area contributed by atoms with E-state index in [0.29, 0.717) is 13.0 Å². The van der Waals surface area contributed by atoms with Gasteiger partial charge in [-0.05, 0) is 18.9 Å². The molecule has 1 saturated heterocycles. The largest absolute Gasteiger partial charge is 0.481 e. The van der Waals surface area contributed by atoms with Crippen molar-refractivity contribution < 1.29 is 19.8 Å². The van der Waals surface area contributed by atoms with Crippen molar-refractivity contribution >= 4 is 12.1 Å². The highest BCUT2D eigenvalue weighted by Gasteiger charge is 2.36. The molecule has 3 atom stereocenters. The summed E-state index contributed by atoms with van der Waals surface area (Å²) in [6, 6.07) is 9.58. The molecule has 114 valence electrons. The van der Waals surface area contributed by atoms with Gasteiger partial charge in [0.2, 0.25) is 0 Å². The van der Waals surface area contributed by atoms with Crippen LogP contribution in [0, 0.1) is 5.92 Å². The number of aliphatic carboxylic acids is 1. The van der Waals surface area contributed by atoms with E-state index in [2.05, 4.69) is 5.32 Å². The third-order valence-electron chi connectivity index (χ3n) is 3.96. The van der Waals surface area contributed by atoms with E-state index < -0.39 is 18.0 Å². The van der Waals surface area contributed by atoms with E-state index in [-0.39, 0.29) is 18.6 Å². The van der Waals surface area contributed by atoms with Gasteiger partial charge in [0.25, 0.3) is 0 Å². The SMILES string of the molecule is CC(NC1CCN(C(=O)O)CC1C(=O)O)c1ccccc1. The molecular formula is C15H20N2O4. The van der Waals surface area contributed by atoms with E-state index in [4.69, 9.17) is 5.11 Å². The van der Waals surface area contributed by atoms with Crippen molar-refractivity contribution in [3.63, 3.8) is 0 Å². The minimum absolute atomic E-state index is 0.0226. The van der Waals surface area contributed by atoms with Crippen molar-refractivity contribution in [2.24, 2.45) is 5.92 Å². The van der Waals surface area contributed by atoms with Gasteiger partial charge in [-0.3, -0.25) is 4.79 Å². The maximum absolute atomic E-state index is 11.4. The van der Waals surface area contributed by atoms with E-state index in [1.165, 1.54) is 4.90 Å². The van der Waals surface area contributed by atoms with Gasteiger partial charge in [0.05, 0.1) is 5.92 Å². The number of rotatable bonds is 4. The van der Waals surface area contributed by atoms with Gasteiger partial charge in [-0.1, -0.05) is 30.3 Å². The molecule has 0 spiro atoms. The minimum Gasteiger partial charge on any atom is -0.481 e. The van der Waals surface area contributed by atoms with Crippen LogP contribution in [0.4, 0.5) is 4.79 Å². The maximum atomic E-state index is 11.4. The lowest BCUT2D eigenvalue weighted by molar-refractivity contribution is -0.144. The second kappa shape index (κ2) is 6.58. The summed E-state index contributed by atoms with van der Waals surface area (Å²) in [4.78, 5) is 23.5. The van der Waals surface area contributed by atoms with Gasteiger partial charge in [-0.2, -0.15) is 0 Å². The number of hydrogen-bond acceptors (Lipinski definition) is 3. The van der Waals surface area contributed by atoms with Gasteiger partial charge in [-0.15, -0.1) is 0 Å². The highest BCUT2D eigenvalue weighted by molar-refractivity contribution is 5.73. The average molecular weight is 292 g/mol. The fourth-order valence-corrected chi connectivity index (χ4v) is 2.73. The lowest BCUT2D eigenvalue weighted by Gasteiger charge is -2.37. The number of benzene rings is 1. The first-order valence-electron chi connectivity index (χ1n) is 7.00. The number of amides is 1. The van der Waals surface area contributed by atoms with Crippen molar-refractivity contribution in [3.8, 4) is 0 Å². The molecule has 1 amide bonds. The van der Waals surface area contributed by atoms with Gasteiger partial charge in [0.15, 0.2) is 0 Å². The number of nitrogens with one attached hydrogen (secondary N) is 1. The zero-order valence-corrected chi connectivity index (χ0v) is 11.9. The Morgan fingerprint density at radius 2 is 1.95 bits per heavy atom. The number of carboxylic acid groups (broad SMARTS) is 2. The molecule has 3 unspecified atom stereocenters. The van der Waals surface area contributed by atoms with Gasteiger partial charge in [0.1, 0.15) is 0 Å². The first kappa shape index (κ1) is 15.3. The lowest BCUT2D eigenvalue weighted by Crippen LogP contribution is -2.53. The van der Waals surface area contributed by atoms with Gasteiger partial charge < -0.3 is 20.4 Å². The Kier molecular flexibility index (Phi) is 4.80. The zero-order chi connectivity index (χ0) is 15.4. The van der Waals surface area contributed by atoms with Crippen LogP contribution in [0.15, 0.2) is 30.3 Å². The van der Waals surface area contributed by atoms with Crippen molar-refractivity contribution in [2.75, 3.05) is 13.1 Å². The van der Waals surface area contributed by atoms with Crippen LogP contribution in [0.5, 0.6) is 0 Å². The fourth-order valence-electron chi connectivity index (χ4n) is 2.73. The Morgan fingerprint density at radius 1 is 1.29 bits per heavy atom. The molecule has 0 bridgehead atoms. The summed E-state index contributed by atoms with van der Waals surface area (Å²) in [5.41, 5.74) is 1.09. The number of nitrogens with zero attached hydrogens (tertiary/aromatic N) is 1. The molecule has 3 N–H and O–H groups in total. The Labute approximate surface area is 123 Å². The normalized spacial score (nSPS) is 23.6. The van der Waals surface area contributed by atoms with E-state index in [0.717, 1.165) is 5.56 Å². The molecule has 0 aromatic heterocycles. The van der Waals surface area contributed by atoms with Crippen molar-refractivity contribution in [2.45, 2.75) is 25.4 Å². The lowest BCUT2D eigenvalue weighted by atomic mass is 9.91. The molecule has 6 nitrogen and oxygen atoms in total. The first-order chi connectivity index (χ1) is 9.99. The first-order valence-corrected chi connectivity index (χ1v) is 7.00. The Hall–Kier alpha value is -2.08. The van der Waals surface area contributed by atoms with Crippen LogP contribution in [-0.4, -0.2) is 46.3 Å². The summed E-state index contributed by atoms with van der Waals surface area (Å²) < 4.78 is 0. The Morgan fingerprint density at radius 3 is 2.52 bits per heavy atom. The second-order valence-corrected chi connectivity index (χ2v) is 5.37. The van der Waals surface area contributed by atoms with Crippen LogP contribution in [0.2, 0.25) is 0 Å². The third kappa shape index (κ3) is 3.72. The minimum atomic E-state index is -1.06. The standard InChI is InChI=1S/C15H20N2O4/c1-10(11-5-3-2-4-6-11)16-13-7-8-17(15(20)21)9-12(13)14(18)19/h2-6,10,12-13,16H,7-9H2,1H3,(H,18,19)(H,20,21). The molecular weight excluding hydrogens is 272 g/mol. The number of piperidine rings is 1. The Bertz CT molecular complexity index is 506. The zero-order valence-electron chi connectivity index (χ0n) is 11.9. The second-order valence-electron chi connectivity index (χ2n) is 5.37. The van der Waals surface area contributed by atoms with Crippen LogP contribution in [0.3, 0.4) is 0 Å². The van der Waals surface area contributed by atoms with E-state index in [1.54, 1.807) is 0 Å². The van der Waals surface area contributed by atoms with Crippen LogP contribution >= 0.6 is 0 Å². The predicted octanol–water partition coefficient (Wildman–Crippen LogP) is 1.79. The molecule has 6 heteroatoms. The molecule has 1 aliphatic heterocycles.